The molecule has 1 unspecified atom stereocenters. The molecule has 2 fully saturated rings. The van der Waals surface area contributed by atoms with Gasteiger partial charge in [-0.3, -0.25) is 0 Å². The topological polar surface area (TPSA) is 85.5 Å². The van der Waals surface area contributed by atoms with Crippen LogP contribution < -0.4 is 5.73 Å². The Morgan fingerprint density at radius 1 is 1.00 bits per heavy atom. The van der Waals surface area contributed by atoms with Crippen LogP contribution in [0.1, 0.15) is 31.4 Å². The fourth-order valence-corrected chi connectivity index (χ4v) is 7.81. The van der Waals surface area contributed by atoms with Crippen molar-refractivity contribution in [2.45, 2.75) is 36.1 Å². The molecule has 2 N–H and O–H groups in total. The van der Waals surface area contributed by atoms with Gasteiger partial charge < -0.3 is 10.5 Å². The van der Waals surface area contributed by atoms with Gasteiger partial charge in [0.25, 0.3) is 0 Å². The molecule has 192 valence electrons. The molecule has 1 saturated carbocycles. The molecule has 0 amide bonds. The number of ether oxygens (including phenoxy) is 1. The molecule has 0 bridgehead atoms. The van der Waals surface area contributed by atoms with Crippen LogP contribution in [-0.4, -0.2) is 49.5 Å². The van der Waals surface area contributed by atoms with Crippen LogP contribution in [-0.2, 0) is 14.8 Å². The quantitative estimate of drug-likeness (QED) is 0.462. The highest BCUT2D eigenvalue weighted by Gasteiger charge is 2.39. The van der Waals surface area contributed by atoms with Crippen LogP contribution in [0.4, 0.5) is 0 Å². The number of benzene rings is 2. The smallest absolute Gasteiger partial charge is 0.243 e. The monoisotopic (exact) mass is 533 g/mol. The second-order valence-electron chi connectivity index (χ2n) is 10.1. The lowest BCUT2D eigenvalue weighted by Crippen LogP contribution is -2.52. The summed E-state index contributed by atoms with van der Waals surface area (Å²) in [5.74, 6) is 0.379. The molecule has 2 aromatic carbocycles. The molecular formula is C29H31N3O3S2. The summed E-state index contributed by atoms with van der Waals surface area (Å²) >= 11 is 1.64. The first-order valence-corrected chi connectivity index (χ1v) is 15.1. The minimum atomic E-state index is -3.53. The highest BCUT2D eigenvalue weighted by Crippen LogP contribution is 2.44. The van der Waals surface area contributed by atoms with Crippen molar-refractivity contribution in [1.29, 1.82) is 0 Å². The summed E-state index contributed by atoms with van der Waals surface area (Å²) in [4.78, 5) is 6.49. The van der Waals surface area contributed by atoms with Gasteiger partial charge in [-0.1, -0.05) is 60.7 Å². The van der Waals surface area contributed by atoms with E-state index < -0.39 is 10.0 Å². The van der Waals surface area contributed by atoms with Crippen molar-refractivity contribution >= 4 is 26.9 Å². The lowest BCUT2D eigenvalue weighted by molar-refractivity contribution is 0.0730. The lowest BCUT2D eigenvalue weighted by atomic mass is 9.66. The van der Waals surface area contributed by atoms with Gasteiger partial charge in [-0.05, 0) is 54.9 Å². The van der Waals surface area contributed by atoms with E-state index in [1.165, 1.54) is 10.7 Å². The van der Waals surface area contributed by atoms with Crippen molar-refractivity contribution in [3.05, 3.63) is 78.5 Å². The van der Waals surface area contributed by atoms with Gasteiger partial charge in [-0.15, -0.1) is 11.3 Å². The summed E-state index contributed by atoms with van der Waals surface area (Å²) in [6.07, 6.45) is 11.1. The van der Waals surface area contributed by atoms with Gasteiger partial charge in [0, 0.05) is 24.2 Å². The number of aromatic nitrogens is 1. The molecule has 8 heteroatoms. The summed E-state index contributed by atoms with van der Waals surface area (Å²) < 4.78 is 32.9. The summed E-state index contributed by atoms with van der Waals surface area (Å²) in [6, 6.07) is 17.4. The number of morpholine rings is 1. The number of rotatable bonds is 6. The van der Waals surface area contributed by atoms with Crippen LogP contribution in [0, 0.1) is 5.92 Å². The molecule has 37 heavy (non-hydrogen) atoms. The maximum absolute atomic E-state index is 13.0. The first-order valence-electron chi connectivity index (χ1n) is 12.9. The molecule has 1 saturated heterocycles. The highest BCUT2D eigenvalue weighted by atomic mass is 32.2. The molecule has 6 nitrogen and oxygen atoms in total. The maximum Gasteiger partial charge on any atom is 0.243 e. The number of hydrogen-bond acceptors (Lipinski definition) is 6. The Hall–Kier alpha value is -2.62. The van der Waals surface area contributed by atoms with Gasteiger partial charge in [0.05, 0.1) is 28.7 Å². The van der Waals surface area contributed by atoms with E-state index in [2.05, 4.69) is 30.4 Å². The molecule has 3 aromatic rings. The average molecular weight is 534 g/mol. The van der Waals surface area contributed by atoms with E-state index >= 15 is 0 Å². The van der Waals surface area contributed by atoms with Crippen LogP contribution in [0.25, 0.3) is 26.6 Å². The third-order valence-electron chi connectivity index (χ3n) is 7.77. The number of allylic oxidation sites excluding steroid dienone is 3. The average Bonchev–Trinajstić information content (AvgIpc) is 3.38. The molecule has 2 heterocycles. The first-order chi connectivity index (χ1) is 17.9. The third kappa shape index (κ3) is 4.73. The predicted octanol–water partition coefficient (Wildman–Crippen LogP) is 5.34. The highest BCUT2D eigenvalue weighted by molar-refractivity contribution is 7.89. The standard InChI is InChI=1S/C29H31N3O3S2/c30-29(15-4-16-29)24-11-7-21(8-12-24)26-27(22-5-2-1-3-6-22)36-28(31-26)23-9-13-25(14-10-23)37(33,34)32-17-19-35-20-18-32/h1-3,5-11,13-14,24H,4,12,15-20,30H2. The van der Waals surface area contributed by atoms with Gasteiger partial charge in [0.15, 0.2) is 0 Å². The summed E-state index contributed by atoms with van der Waals surface area (Å²) in [7, 11) is -3.53. The van der Waals surface area contributed by atoms with Crippen molar-refractivity contribution in [3.63, 3.8) is 0 Å². The van der Waals surface area contributed by atoms with Crippen LogP contribution in [0.5, 0.6) is 0 Å². The normalized spacial score (nSPS) is 21.9. The van der Waals surface area contributed by atoms with Crippen LogP contribution in [0.2, 0.25) is 0 Å². The minimum absolute atomic E-state index is 0.0582. The summed E-state index contributed by atoms with van der Waals surface area (Å²) in [5.41, 5.74) is 10.7. The fraction of sp³-hybridized carbons (Fsp3) is 0.345. The van der Waals surface area contributed by atoms with Crippen molar-refractivity contribution in [1.82, 2.24) is 9.29 Å². The zero-order valence-corrected chi connectivity index (χ0v) is 22.3. The zero-order valence-electron chi connectivity index (χ0n) is 20.7. The molecule has 2 aliphatic carbocycles. The van der Waals surface area contributed by atoms with Crippen molar-refractivity contribution in [2.75, 3.05) is 26.3 Å². The van der Waals surface area contributed by atoms with Crippen molar-refractivity contribution in [2.24, 2.45) is 11.7 Å². The molecule has 1 aromatic heterocycles. The molecule has 1 aliphatic heterocycles. The van der Waals surface area contributed by atoms with E-state index in [-0.39, 0.29) is 5.54 Å². The predicted molar refractivity (Wildman–Crippen MR) is 149 cm³/mol. The van der Waals surface area contributed by atoms with Crippen molar-refractivity contribution < 1.29 is 13.2 Å². The number of thiazole rings is 1. The molecule has 6 rings (SSSR count). The molecule has 1 atom stereocenters. The van der Waals surface area contributed by atoms with Gasteiger partial charge in [-0.2, -0.15) is 4.31 Å². The van der Waals surface area contributed by atoms with Crippen LogP contribution in [0.15, 0.2) is 77.7 Å². The molecule has 3 aliphatic rings. The molecular weight excluding hydrogens is 502 g/mol. The summed E-state index contributed by atoms with van der Waals surface area (Å²) in [5, 5.41) is 0.870. The van der Waals surface area contributed by atoms with E-state index in [4.69, 9.17) is 15.5 Å². The Labute approximate surface area is 222 Å². The maximum atomic E-state index is 13.0. The minimum Gasteiger partial charge on any atom is -0.379 e. The Kier molecular flexibility index (Phi) is 6.63. The van der Waals surface area contributed by atoms with Crippen LogP contribution in [0.3, 0.4) is 0 Å². The number of hydrogen-bond donors (Lipinski definition) is 1. The van der Waals surface area contributed by atoms with Crippen LogP contribution >= 0.6 is 11.3 Å². The Morgan fingerprint density at radius 3 is 2.35 bits per heavy atom. The molecule has 0 spiro atoms. The van der Waals surface area contributed by atoms with E-state index in [1.807, 2.05) is 30.3 Å². The molecule has 0 radical (unpaired) electrons. The Bertz CT molecular complexity index is 1430. The number of nitrogens with two attached hydrogens (primary N) is 1. The van der Waals surface area contributed by atoms with Gasteiger partial charge in [0.1, 0.15) is 5.01 Å². The van der Waals surface area contributed by atoms with Crippen molar-refractivity contribution in [3.8, 4) is 21.0 Å². The first kappa shape index (κ1) is 24.7. The number of sulfonamides is 1. The SMILES string of the molecule is NC1(C2C=CC(c3nc(-c4ccc(S(=O)(=O)N5CCOCC5)cc4)sc3-c3ccccc3)=CC2)CCC1. The van der Waals surface area contributed by atoms with Gasteiger partial charge >= 0.3 is 0 Å². The second-order valence-corrected chi connectivity index (χ2v) is 13.0. The third-order valence-corrected chi connectivity index (χ3v) is 10.8. The van der Waals surface area contributed by atoms with E-state index in [1.54, 1.807) is 23.5 Å². The second kappa shape index (κ2) is 9.93. The lowest BCUT2D eigenvalue weighted by Gasteiger charge is -2.44. The van der Waals surface area contributed by atoms with E-state index in [9.17, 15) is 8.42 Å². The number of nitrogens with zero attached hydrogens (tertiary/aromatic N) is 2. The van der Waals surface area contributed by atoms with Gasteiger partial charge in [-0.25, -0.2) is 13.4 Å². The van der Waals surface area contributed by atoms with Gasteiger partial charge in [0.2, 0.25) is 10.0 Å². The Morgan fingerprint density at radius 2 is 1.73 bits per heavy atom. The zero-order chi connectivity index (χ0) is 25.5. The summed E-state index contributed by atoms with van der Waals surface area (Å²) in [6.45, 7) is 1.63. The van der Waals surface area contributed by atoms with E-state index in [0.717, 1.165) is 51.5 Å². The largest absolute Gasteiger partial charge is 0.379 e. The fourth-order valence-electron chi connectivity index (χ4n) is 5.31. The van der Waals surface area contributed by atoms with E-state index in [0.29, 0.717) is 37.1 Å². The Balaban J connectivity index is 1.31.